The van der Waals surface area contributed by atoms with E-state index in [4.69, 9.17) is 4.74 Å². The number of para-hydroxylation sites is 1. The smallest absolute Gasteiger partial charge is 0.319 e. The van der Waals surface area contributed by atoms with Crippen molar-refractivity contribution in [1.82, 2.24) is 16.0 Å². The summed E-state index contributed by atoms with van der Waals surface area (Å²) < 4.78 is 5.39. The first-order valence-electron chi connectivity index (χ1n) is 8.96. The van der Waals surface area contributed by atoms with Gasteiger partial charge in [-0.25, -0.2) is 9.59 Å². The van der Waals surface area contributed by atoms with Crippen LogP contribution in [0.15, 0.2) is 30.3 Å². The fourth-order valence-electron chi connectivity index (χ4n) is 2.76. The Morgan fingerprint density at radius 2 is 1.56 bits per heavy atom. The average Bonchev–Trinajstić information content (AvgIpc) is 2.62. The van der Waals surface area contributed by atoms with Crippen LogP contribution in [0.4, 0.5) is 15.3 Å². The molecule has 4 amide bonds. The Kier molecular flexibility index (Phi) is 8.61. The van der Waals surface area contributed by atoms with E-state index in [2.05, 4.69) is 21.3 Å². The number of amides is 4. The van der Waals surface area contributed by atoms with Gasteiger partial charge in [-0.1, -0.05) is 37.5 Å². The molecule has 25 heavy (non-hydrogen) atoms. The minimum atomic E-state index is -0.264. The van der Waals surface area contributed by atoms with Crippen molar-refractivity contribution in [1.29, 1.82) is 0 Å². The lowest BCUT2D eigenvalue weighted by atomic mass is 9.96. The Bertz CT molecular complexity index is 518. The minimum absolute atomic E-state index is 0.129. The van der Waals surface area contributed by atoms with Crippen molar-refractivity contribution < 1.29 is 14.3 Å². The number of hydrogen-bond donors (Lipinski definition) is 4. The number of urea groups is 2. The SMILES string of the molecule is O=C(NCCOCCNC(=O)NC1CCCCC1)Nc1ccccc1. The summed E-state index contributed by atoms with van der Waals surface area (Å²) in [6.07, 6.45) is 5.80. The zero-order valence-corrected chi connectivity index (χ0v) is 14.6. The molecular formula is C18H28N4O3. The first kappa shape index (κ1) is 19.1. The third-order valence-electron chi connectivity index (χ3n) is 4.04. The molecule has 0 aliphatic heterocycles. The van der Waals surface area contributed by atoms with Crippen molar-refractivity contribution in [2.75, 3.05) is 31.6 Å². The van der Waals surface area contributed by atoms with Gasteiger partial charge in [0.2, 0.25) is 0 Å². The summed E-state index contributed by atoms with van der Waals surface area (Å²) in [6.45, 7) is 1.68. The summed E-state index contributed by atoms with van der Waals surface area (Å²) in [5.41, 5.74) is 0.745. The molecule has 1 aromatic rings. The van der Waals surface area contributed by atoms with Crippen molar-refractivity contribution in [2.24, 2.45) is 0 Å². The van der Waals surface area contributed by atoms with Crippen LogP contribution in [0.5, 0.6) is 0 Å². The summed E-state index contributed by atoms with van der Waals surface area (Å²) in [7, 11) is 0. The highest BCUT2D eigenvalue weighted by Crippen LogP contribution is 2.17. The molecule has 0 bridgehead atoms. The van der Waals surface area contributed by atoms with E-state index in [1.165, 1.54) is 19.3 Å². The first-order valence-corrected chi connectivity index (χ1v) is 8.96. The Morgan fingerprint density at radius 3 is 2.24 bits per heavy atom. The zero-order chi connectivity index (χ0) is 17.7. The molecule has 0 spiro atoms. The van der Waals surface area contributed by atoms with Gasteiger partial charge in [0.15, 0.2) is 0 Å². The van der Waals surface area contributed by atoms with E-state index < -0.39 is 0 Å². The molecule has 2 rings (SSSR count). The third kappa shape index (κ3) is 8.39. The highest BCUT2D eigenvalue weighted by Gasteiger charge is 2.14. The number of carbonyl (C=O) groups excluding carboxylic acids is 2. The Balaban J connectivity index is 1.42. The summed E-state index contributed by atoms with van der Waals surface area (Å²) in [5, 5.41) is 11.2. The van der Waals surface area contributed by atoms with Gasteiger partial charge in [0.05, 0.1) is 13.2 Å². The lowest BCUT2D eigenvalue weighted by Crippen LogP contribution is -2.43. The molecule has 0 atom stereocenters. The van der Waals surface area contributed by atoms with Gasteiger partial charge in [-0.3, -0.25) is 0 Å². The van der Waals surface area contributed by atoms with Crippen LogP contribution in [-0.4, -0.2) is 44.4 Å². The summed E-state index contributed by atoms with van der Waals surface area (Å²) in [4.78, 5) is 23.4. The number of nitrogens with one attached hydrogen (secondary N) is 4. The lowest BCUT2D eigenvalue weighted by Gasteiger charge is -2.22. The van der Waals surface area contributed by atoms with Crippen LogP contribution in [-0.2, 0) is 4.74 Å². The number of rotatable bonds is 8. The Labute approximate surface area is 148 Å². The molecule has 0 unspecified atom stereocenters. The molecule has 0 aromatic heterocycles. The largest absolute Gasteiger partial charge is 0.378 e. The van der Waals surface area contributed by atoms with Gasteiger partial charge < -0.3 is 26.0 Å². The maximum absolute atomic E-state index is 11.7. The monoisotopic (exact) mass is 348 g/mol. The zero-order valence-electron chi connectivity index (χ0n) is 14.6. The van der Waals surface area contributed by atoms with Gasteiger partial charge in [0, 0.05) is 24.8 Å². The molecule has 0 heterocycles. The van der Waals surface area contributed by atoms with E-state index in [0.717, 1.165) is 18.5 Å². The van der Waals surface area contributed by atoms with Crippen LogP contribution in [0.2, 0.25) is 0 Å². The van der Waals surface area contributed by atoms with Gasteiger partial charge in [-0.15, -0.1) is 0 Å². The van der Waals surface area contributed by atoms with Crippen LogP contribution in [0, 0.1) is 0 Å². The van der Waals surface area contributed by atoms with E-state index in [1.54, 1.807) is 0 Å². The molecule has 7 heteroatoms. The summed E-state index contributed by atoms with van der Waals surface area (Å²) in [5.74, 6) is 0. The molecule has 0 saturated heterocycles. The number of carbonyl (C=O) groups is 2. The van der Waals surface area contributed by atoms with Gasteiger partial charge in [-0.2, -0.15) is 0 Å². The fourth-order valence-corrected chi connectivity index (χ4v) is 2.76. The molecule has 1 aliphatic carbocycles. The maximum atomic E-state index is 11.7. The van der Waals surface area contributed by atoms with Gasteiger partial charge >= 0.3 is 12.1 Å². The minimum Gasteiger partial charge on any atom is -0.378 e. The van der Waals surface area contributed by atoms with Gasteiger partial charge in [0.25, 0.3) is 0 Å². The standard InChI is InChI=1S/C18H28N4O3/c23-17(21-15-7-3-1-4-8-15)19-11-13-25-14-12-20-18(24)22-16-9-5-2-6-10-16/h1,3-4,7-8,16H,2,5-6,9-14H2,(H2,19,21,23)(H2,20,22,24). The first-order chi connectivity index (χ1) is 12.2. The van der Waals surface area contributed by atoms with E-state index in [0.29, 0.717) is 32.3 Å². The third-order valence-corrected chi connectivity index (χ3v) is 4.04. The van der Waals surface area contributed by atoms with Crippen LogP contribution in [0.1, 0.15) is 32.1 Å². The molecule has 1 saturated carbocycles. The van der Waals surface area contributed by atoms with E-state index in [9.17, 15) is 9.59 Å². The topological polar surface area (TPSA) is 91.5 Å². The Hall–Kier alpha value is -2.28. The van der Waals surface area contributed by atoms with Crippen molar-refractivity contribution in [3.05, 3.63) is 30.3 Å². The second-order valence-corrected chi connectivity index (χ2v) is 6.09. The van der Waals surface area contributed by atoms with Crippen LogP contribution in [0.3, 0.4) is 0 Å². The fraction of sp³-hybridized carbons (Fsp3) is 0.556. The van der Waals surface area contributed by atoms with E-state index in [-0.39, 0.29) is 12.1 Å². The van der Waals surface area contributed by atoms with E-state index in [1.807, 2.05) is 30.3 Å². The molecule has 7 nitrogen and oxygen atoms in total. The molecule has 4 N–H and O–H groups in total. The van der Waals surface area contributed by atoms with Crippen LogP contribution >= 0.6 is 0 Å². The summed E-state index contributed by atoms with van der Waals surface area (Å²) in [6, 6.07) is 9.16. The van der Waals surface area contributed by atoms with Crippen LogP contribution < -0.4 is 21.3 Å². The van der Waals surface area contributed by atoms with E-state index >= 15 is 0 Å². The summed E-state index contributed by atoms with van der Waals surface area (Å²) >= 11 is 0. The van der Waals surface area contributed by atoms with Crippen molar-refractivity contribution in [3.63, 3.8) is 0 Å². The molecular weight excluding hydrogens is 320 g/mol. The number of benzene rings is 1. The molecule has 138 valence electrons. The quantitative estimate of drug-likeness (QED) is 0.544. The molecule has 0 radical (unpaired) electrons. The second-order valence-electron chi connectivity index (χ2n) is 6.09. The molecule has 1 aromatic carbocycles. The number of hydrogen-bond acceptors (Lipinski definition) is 3. The highest BCUT2D eigenvalue weighted by atomic mass is 16.5. The predicted molar refractivity (Wildman–Crippen MR) is 97.7 cm³/mol. The van der Waals surface area contributed by atoms with Crippen molar-refractivity contribution in [2.45, 2.75) is 38.1 Å². The number of anilines is 1. The van der Waals surface area contributed by atoms with Crippen molar-refractivity contribution >= 4 is 17.7 Å². The Morgan fingerprint density at radius 1 is 0.920 bits per heavy atom. The van der Waals surface area contributed by atoms with Crippen LogP contribution in [0.25, 0.3) is 0 Å². The molecule has 1 fully saturated rings. The van der Waals surface area contributed by atoms with Crippen molar-refractivity contribution in [3.8, 4) is 0 Å². The number of ether oxygens (including phenoxy) is 1. The van der Waals surface area contributed by atoms with Gasteiger partial charge in [0.1, 0.15) is 0 Å². The molecule has 1 aliphatic rings. The maximum Gasteiger partial charge on any atom is 0.319 e. The van der Waals surface area contributed by atoms with Gasteiger partial charge in [-0.05, 0) is 25.0 Å². The normalized spacial score (nSPS) is 14.6. The average molecular weight is 348 g/mol. The highest BCUT2D eigenvalue weighted by molar-refractivity contribution is 5.89. The lowest BCUT2D eigenvalue weighted by molar-refractivity contribution is 0.139. The predicted octanol–water partition coefficient (Wildman–Crippen LogP) is 2.46. The second kappa shape index (κ2) is 11.3.